The van der Waals surface area contributed by atoms with Gasteiger partial charge in [-0.2, -0.15) is 0 Å². The number of carbonyl (C=O) groups excluding carboxylic acids is 2. The van der Waals surface area contributed by atoms with Crippen LogP contribution < -0.4 is 0 Å². The van der Waals surface area contributed by atoms with Crippen molar-refractivity contribution in [3.63, 3.8) is 0 Å². The van der Waals surface area contributed by atoms with E-state index in [4.69, 9.17) is 0 Å². The van der Waals surface area contributed by atoms with Gasteiger partial charge in [0.25, 0.3) is 0 Å². The van der Waals surface area contributed by atoms with Crippen molar-refractivity contribution in [1.29, 1.82) is 0 Å². The molecule has 3 rings (SSSR count). The van der Waals surface area contributed by atoms with E-state index in [1.165, 1.54) is 43.3 Å². The zero-order valence-corrected chi connectivity index (χ0v) is 11.9. The molecule has 0 bridgehead atoms. The Hall–Kier alpha value is -2.36. The minimum Gasteiger partial charge on any atom is -0.300 e. The third-order valence-electron chi connectivity index (χ3n) is 4.18. The van der Waals surface area contributed by atoms with Gasteiger partial charge in [0, 0.05) is 23.3 Å². The van der Waals surface area contributed by atoms with Crippen molar-refractivity contribution in [3.8, 4) is 0 Å². The fraction of sp³-hybridized carbons (Fsp3) is 0.222. The van der Waals surface area contributed by atoms with E-state index in [-0.39, 0.29) is 29.2 Å². The standard InChI is InChI=1S/C18H14F2O2/c1-10(21)15-16(11-2-6-13(19)7-3-11)17(15)18(22)12-4-8-14(20)9-5-12/h2-9,15-17H,1H3/t15-,16-,17-/m0/s1. The Morgan fingerprint density at radius 3 is 1.82 bits per heavy atom. The van der Waals surface area contributed by atoms with Gasteiger partial charge in [-0.1, -0.05) is 12.1 Å². The molecule has 22 heavy (non-hydrogen) atoms. The van der Waals surface area contributed by atoms with Gasteiger partial charge in [-0.15, -0.1) is 0 Å². The highest BCUT2D eigenvalue weighted by Gasteiger charge is 2.57. The maximum atomic E-state index is 13.0. The topological polar surface area (TPSA) is 34.1 Å². The van der Waals surface area contributed by atoms with Gasteiger partial charge in [-0.3, -0.25) is 9.59 Å². The number of hydrogen-bond donors (Lipinski definition) is 0. The molecule has 2 nitrogen and oxygen atoms in total. The normalized spacial score (nSPS) is 23.1. The first-order valence-electron chi connectivity index (χ1n) is 7.04. The molecule has 0 saturated heterocycles. The lowest BCUT2D eigenvalue weighted by Gasteiger charge is -2.01. The van der Waals surface area contributed by atoms with Crippen LogP contribution in [0.5, 0.6) is 0 Å². The summed E-state index contributed by atoms with van der Waals surface area (Å²) in [6.45, 7) is 1.46. The largest absolute Gasteiger partial charge is 0.300 e. The molecule has 0 aliphatic heterocycles. The average Bonchev–Trinajstić information content (AvgIpc) is 3.24. The molecule has 0 N–H and O–H groups in total. The molecular formula is C18H14F2O2. The SMILES string of the molecule is CC(=O)[C@@H]1[C@H](C(=O)c2ccc(F)cc2)[C@H]1c1ccc(F)cc1. The third kappa shape index (κ3) is 2.56. The maximum absolute atomic E-state index is 13.0. The Kier molecular flexibility index (Phi) is 3.61. The van der Waals surface area contributed by atoms with Crippen molar-refractivity contribution >= 4 is 11.6 Å². The first-order valence-corrected chi connectivity index (χ1v) is 7.04. The molecule has 2 aromatic carbocycles. The average molecular weight is 300 g/mol. The minimum absolute atomic E-state index is 0.0604. The van der Waals surface area contributed by atoms with Crippen LogP contribution in [0.25, 0.3) is 0 Å². The van der Waals surface area contributed by atoms with E-state index in [1.807, 2.05) is 0 Å². The number of hydrogen-bond acceptors (Lipinski definition) is 2. The molecule has 0 radical (unpaired) electrons. The number of ketones is 2. The summed E-state index contributed by atoms with van der Waals surface area (Å²) in [7, 11) is 0. The maximum Gasteiger partial charge on any atom is 0.167 e. The Morgan fingerprint density at radius 1 is 0.818 bits per heavy atom. The van der Waals surface area contributed by atoms with Crippen molar-refractivity contribution in [3.05, 3.63) is 71.3 Å². The Balaban J connectivity index is 1.88. The van der Waals surface area contributed by atoms with Gasteiger partial charge in [0.2, 0.25) is 0 Å². The van der Waals surface area contributed by atoms with Crippen molar-refractivity contribution in [1.82, 2.24) is 0 Å². The highest BCUT2D eigenvalue weighted by Crippen LogP contribution is 2.55. The highest BCUT2D eigenvalue weighted by atomic mass is 19.1. The van der Waals surface area contributed by atoms with E-state index in [0.29, 0.717) is 5.56 Å². The van der Waals surface area contributed by atoms with E-state index in [9.17, 15) is 18.4 Å². The second-order valence-corrected chi connectivity index (χ2v) is 5.61. The van der Waals surface area contributed by atoms with Crippen LogP contribution in [0, 0.1) is 23.5 Å². The van der Waals surface area contributed by atoms with Gasteiger partial charge in [-0.05, 0) is 48.9 Å². The summed E-state index contributed by atoms with van der Waals surface area (Å²) in [6, 6.07) is 11.2. The second-order valence-electron chi connectivity index (χ2n) is 5.61. The third-order valence-corrected chi connectivity index (χ3v) is 4.18. The Morgan fingerprint density at radius 2 is 1.32 bits per heavy atom. The number of rotatable bonds is 4. The molecule has 112 valence electrons. The van der Waals surface area contributed by atoms with Crippen LogP contribution in [0.1, 0.15) is 28.8 Å². The summed E-state index contributed by atoms with van der Waals surface area (Å²) in [6.07, 6.45) is 0. The smallest absolute Gasteiger partial charge is 0.167 e. The summed E-state index contributed by atoms with van der Waals surface area (Å²) >= 11 is 0. The molecule has 0 heterocycles. The molecule has 3 atom stereocenters. The van der Waals surface area contributed by atoms with Gasteiger partial charge in [0.1, 0.15) is 17.4 Å². The van der Waals surface area contributed by atoms with Gasteiger partial charge in [0.05, 0.1) is 0 Å². The van der Waals surface area contributed by atoms with Crippen LogP contribution in [-0.2, 0) is 4.79 Å². The molecule has 0 unspecified atom stereocenters. The molecule has 0 amide bonds. The molecule has 1 fully saturated rings. The van der Waals surface area contributed by atoms with Gasteiger partial charge >= 0.3 is 0 Å². The lowest BCUT2D eigenvalue weighted by molar-refractivity contribution is -0.118. The van der Waals surface area contributed by atoms with Gasteiger partial charge < -0.3 is 0 Å². The molecule has 1 saturated carbocycles. The predicted octanol–water partition coefficient (Wildman–Crippen LogP) is 3.77. The molecule has 1 aliphatic carbocycles. The van der Waals surface area contributed by atoms with Crippen LogP contribution in [0.15, 0.2) is 48.5 Å². The van der Waals surface area contributed by atoms with E-state index in [1.54, 1.807) is 12.1 Å². The molecule has 1 aliphatic rings. The van der Waals surface area contributed by atoms with Crippen molar-refractivity contribution in [2.45, 2.75) is 12.8 Å². The van der Waals surface area contributed by atoms with Crippen molar-refractivity contribution in [2.75, 3.05) is 0 Å². The van der Waals surface area contributed by atoms with E-state index in [2.05, 4.69) is 0 Å². The Bertz CT molecular complexity index is 720. The lowest BCUT2D eigenvalue weighted by Crippen LogP contribution is -2.06. The monoisotopic (exact) mass is 300 g/mol. The van der Waals surface area contributed by atoms with E-state index < -0.39 is 11.7 Å². The van der Waals surface area contributed by atoms with E-state index in [0.717, 1.165) is 5.56 Å². The summed E-state index contributed by atoms with van der Waals surface area (Å²) in [5.41, 5.74) is 1.17. The summed E-state index contributed by atoms with van der Waals surface area (Å²) in [4.78, 5) is 24.3. The van der Waals surface area contributed by atoms with Gasteiger partial charge in [0.15, 0.2) is 5.78 Å². The number of benzene rings is 2. The van der Waals surface area contributed by atoms with E-state index >= 15 is 0 Å². The second kappa shape index (κ2) is 5.44. The molecule has 0 spiro atoms. The van der Waals surface area contributed by atoms with Crippen molar-refractivity contribution in [2.24, 2.45) is 11.8 Å². The van der Waals surface area contributed by atoms with Crippen LogP contribution >= 0.6 is 0 Å². The molecule has 2 aromatic rings. The summed E-state index contributed by atoms with van der Waals surface area (Å²) < 4.78 is 26.0. The first kappa shape index (κ1) is 14.6. The summed E-state index contributed by atoms with van der Waals surface area (Å²) in [5.74, 6) is -2.06. The fourth-order valence-corrected chi connectivity index (χ4v) is 3.05. The molecule has 4 heteroatoms. The quantitative estimate of drug-likeness (QED) is 0.806. The zero-order valence-electron chi connectivity index (χ0n) is 11.9. The van der Waals surface area contributed by atoms with Crippen LogP contribution in [0.2, 0.25) is 0 Å². The fourth-order valence-electron chi connectivity index (χ4n) is 3.05. The van der Waals surface area contributed by atoms with Crippen LogP contribution in [0.4, 0.5) is 8.78 Å². The number of halogens is 2. The lowest BCUT2D eigenvalue weighted by atomic mass is 10.0. The number of carbonyl (C=O) groups is 2. The molecule has 0 aromatic heterocycles. The number of Topliss-reactive ketones (excluding diaryl/α,β-unsaturated/α-hetero) is 2. The van der Waals surface area contributed by atoms with Crippen LogP contribution in [0.3, 0.4) is 0 Å². The zero-order chi connectivity index (χ0) is 15.9. The minimum atomic E-state index is -0.451. The van der Waals surface area contributed by atoms with Crippen molar-refractivity contribution < 1.29 is 18.4 Å². The predicted molar refractivity (Wildman–Crippen MR) is 77.5 cm³/mol. The molecular weight excluding hydrogens is 286 g/mol. The van der Waals surface area contributed by atoms with Crippen LogP contribution in [-0.4, -0.2) is 11.6 Å². The van der Waals surface area contributed by atoms with Gasteiger partial charge in [-0.25, -0.2) is 8.78 Å². The first-order chi connectivity index (χ1) is 10.5. The Labute approximate surface area is 126 Å². The highest BCUT2D eigenvalue weighted by molar-refractivity contribution is 6.05. The summed E-state index contributed by atoms with van der Waals surface area (Å²) in [5, 5.41) is 0.